The van der Waals surface area contributed by atoms with Gasteiger partial charge in [0, 0.05) is 4.11 Å². The van der Waals surface area contributed by atoms with Crippen molar-refractivity contribution in [3.63, 3.8) is 0 Å². The third-order valence-corrected chi connectivity index (χ3v) is 0.819. The van der Waals surface area contributed by atoms with Crippen molar-refractivity contribution in [1.82, 2.24) is 0 Å². The van der Waals surface area contributed by atoms with Crippen molar-refractivity contribution in [3.8, 4) is 0 Å². The van der Waals surface area contributed by atoms with Gasteiger partial charge in [-0.05, 0) is 13.8 Å². The zero-order valence-corrected chi connectivity index (χ0v) is 4.71. The van der Waals surface area contributed by atoms with Crippen LogP contribution in [0.1, 0.15) is 17.9 Å². The topological polar surface area (TPSA) is 74.6 Å². The summed E-state index contributed by atoms with van der Waals surface area (Å²) in [5, 5.41) is 17.3. The first kappa shape index (κ1) is 4.00. The predicted molar refractivity (Wildman–Crippen MR) is 28.9 cm³/mol. The Kier molecular flexibility index (Phi) is 0.954. The Bertz CT molecular complexity index is 205. The molecule has 0 spiro atoms. The molecule has 0 aromatic carbocycles. The number of aliphatic hydroxyl groups is 1. The standard InChI is InChI=1S/C5H8O4/c1-3(6)5(2,9)4(7)8/h9H,1-2H3,(H,7,8)/i2D3. The first-order chi connectivity index (χ1) is 5.14. The van der Waals surface area contributed by atoms with E-state index in [0.29, 0.717) is 6.92 Å². The lowest BCUT2D eigenvalue weighted by Crippen LogP contribution is -2.41. The van der Waals surface area contributed by atoms with E-state index in [4.69, 9.17) is 14.3 Å². The van der Waals surface area contributed by atoms with Crippen molar-refractivity contribution in [2.24, 2.45) is 0 Å². The number of Topliss-reactive ketones (excluding diaryl/α,β-unsaturated/α-hetero) is 1. The van der Waals surface area contributed by atoms with E-state index >= 15 is 0 Å². The van der Waals surface area contributed by atoms with Crippen LogP contribution < -0.4 is 0 Å². The molecule has 0 aliphatic heterocycles. The second kappa shape index (κ2) is 2.14. The first-order valence-corrected chi connectivity index (χ1v) is 2.11. The lowest BCUT2D eigenvalue weighted by atomic mass is 10.0. The summed E-state index contributed by atoms with van der Waals surface area (Å²) in [4.78, 5) is 20.8. The second-order valence-corrected chi connectivity index (χ2v) is 1.57. The number of hydrogen-bond donors (Lipinski definition) is 2. The molecule has 0 aromatic heterocycles. The minimum Gasteiger partial charge on any atom is -0.479 e. The largest absolute Gasteiger partial charge is 0.479 e. The SMILES string of the molecule is [2H]C([2H])([2H])C(O)(C(C)=O)C(=O)O. The molecule has 0 aromatic rings. The maximum Gasteiger partial charge on any atom is 0.343 e. The first-order valence-electron chi connectivity index (χ1n) is 3.61. The quantitative estimate of drug-likeness (QED) is 0.496. The molecule has 0 amide bonds. The van der Waals surface area contributed by atoms with Crippen LogP contribution in [0.2, 0.25) is 0 Å². The minimum absolute atomic E-state index is 0.709. The number of ketones is 1. The number of hydrogen-bond acceptors (Lipinski definition) is 3. The molecule has 52 valence electrons. The summed E-state index contributed by atoms with van der Waals surface area (Å²) in [7, 11) is 0. The third-order valence-electron chi connectivity index (χ3n) is 0.819. The van der Waals surface area contributed by atoms with E-state index in [2.05, 4.69) is 0 Å². The van der Waals surface area contributed by atoms with Gasteiger partial charge in [-0.1, -0.05) is 0 Å². The number of carbonyl (C=O) groups excluding carboxylic acids is 1. The summed E-state index contributed by atoms with van der Waals surface area (Å²) in [6, 6.07) is 0. The van der Waals surface area contributed by atoms with E-state index in [9.17, 15) is 9.59 Å². The van der Waals surface area contributed by atoms with Crippen molar-refractivity contribution in [2.45, 2.75) is 19.4 Å². The molecule has 9 heavy (non-hydrogen) atoms. The fourth-order valence-corrected chi connectivity index (χ4v) is 0.151. The molecule has 2 N–H and O–H groups in total. The Hall–Kier alpha value is -0.900. The normalized spacial score (nSPS) is 22.7. The molecule has 0 bridgehead atoms. The molecule has 0 radical (unpaired) electrons. The van der Waals surface area contributed by atoms with Gasteiger partial charge in [-0.2, -0.15) is 0 Å². The highest BCUT2D eigenvalue weighted by atomic mass is 16.4. The van der Waals surface area contributed by atoms with E-state index in [-0.39, 0.29) is 0 Å². The van der Waals surface area contributed by atoms with Crippen LogP contribution in [0.4, 0.5) is 0 Å². The van der Waals surface area contributed by atoms with Crippen molar-refractivity contribution in [3.05, 3.63) is 0 Å². The summed E-state index contributed by atoms with van der Waals surface area (Å²) in [5.74, 6) is -3.37. The van der Waals surface area contributed by atoms with Crippen LogP contribution in [-0.2, 0) is 9.59 Å². The van der Waals surface area contributed by atoms with Gasteiger partial charge >= 0.3 is 5.97 Å². The van der Waals surface area contributed by atoms with Crippen LogP contribution in [0.3, 0.4) is 0 Å². The van der Waals surface area contributed by atoms with Crippen LogP contribution in [-0.4, -0.2) is 27.6 Å². The van der Waals surface area contributed by atoms with E-state index in [0.717, 1.165) is 0 Å². The number of carboxylic acids is 1. The number of carboxylic acid groups (broad SMARTS) is 1. The molecule has 0 fully saturated rings. The van der Waals surface area contributed by atoms with Crippen molar-refractivity contribution >= 4 is 11.8 Å². The second-order valence-electron chi connectivity index (χ2n) is 1.57. The molecule has 0 aliphatic carbocycles. The van der Waals surface area contributed by atoms with Crippen molar-refractivity contribution in [1.29, 1.82) is 0 Å². The van der Waals surface area contributed by atoms with Crippen LogP contribution >= 0.6 is 0 Å². The molecule has 1 atom stereocenters. The summed E-state index contributed by atoms with van der Waals surface area (Å²) in [5.41, 5.74) is -3.28. The molecule has 0 saturated carbocycles. The van der Waals surface area contributed by atoms with Gasteiger partial charge in [0.05, 0.1) is 0 Å². The van der Waals surface area contributed by atoms with Crippen LogP contribution in [0.5, 0.6) is 0 Å². The van der Waals surface area contributed by atoms with E-state index < -0.39 is 24.2 Å². The Balaban J connectivity index is 5.17. The van der Waals surface area contributed by atoms with Gasteiger partial charge in [-0.15, -0.1) is 0 Å². The molecule has 4 nitrogen and oxygen atoms in total. The zero-order valence-electron chi connectivity index (χ0n) is 7.71. The highest BCUT2D eigenvalue weighted by Crippen LogP contribution is 2.03. The van der Waals surface area contributed by atoms with Gasteiger partial charge < -0.3 is 10.2 Å². The number of aliphatic carboxylic acids is 1. The van der Waals surface area contributed by atoms with Gasteiger partial charge in [0.1, 0.15) is 0 Å². The summed E-state index contributed by atoms with van der Waals surface area (Å²) >= 11 is 0. The zero-order chi connectivity index (χ0) is 10.2. The van der Waals surface area contributed by atoms with Crippen LogP contribution in [0.15, 0.2) is 0 Å². The Morgan fingerprint density at radius 2 is 2.11 bits per heavy atom. The maximum absolute atomic E-state index is 10.6. The Labute approximate surface area is 56.3 Å². The molecular weight excluding hydrogens is 124 g/mol. The third kappa shape index (κ3) is 1.50. The van der Waals surface area contributed by atoms with Gasteiger partial charge in [-0.25, -0.2) is 4.79 Å². The average Bonchev–Trinajstić information content (AvgIpc) is 1.82. The molecule has 4 heteroatoms. The smallest absolute Gasteiger partial charge is 0.343 e. The van der Waals surface area contributed by atoms with Crippen LogP contribution in [0.25, 0.3) is 0 Å². The minimum atomic E-state index is -3.28. The molecule has 0 aliphatic rings. The van der Waals surface area contributed by atoms with Crippen molar-refractivity contribution < 1.29 is 23.9 Å². The summed E-state index contributed by atoms with van der Waals surface area (Å²) < 4.78 is 19.9. The lowest BCUT2D eigenvalue weighted by molar-refractivity contribution is -0.162. The van der Waals surface area contributed by atoms with Crippen molar-refractivity contribution in [2.75, 3.05) is 0 Å². The van der Waals surface area contributed by atoms with Gasteiger partial charge in [0.15, 0.2) is 5.78 Å². The lowest BCUT2D eigenvalue weighted by Gasteiger charge is -2.11. The fraction of sp³-hybridized carbons (Fsp3) is 0.600. The summed E-state index contributed by atoms with van der Waals surface area (Å²) in [6.45, 7) is -2.54. The van der Waals surface area contributed by atoms with Gasteiger partial charge in [0.25, 0.3) is 0 Å². The number of carbonyl (C=O) groups is 2. The Morgan fingerprint density at radius 3 is 2.11 bits per heavy atom. The monoisotopic (exact) mass is 135 g/mol. The van der Waals surface area contributed by atoms with Gasteiger partial charge in [0.2, 0.25) is 5.60 Å². The highest BCUT2D eigenvalue weighted by molar-refractivity contribution is 6.04. The van der Waals surface area contributed by atoms with Gasteiger partial charge in [-0.3, -0.25) is 4.79 Å². The predicted octanol–water partition coefficient (Wildman–Crippen LogP) is -0.589. The molecule has 1 unspecified atom stereocenters. The van der Waals surface area contributed by atoms with E-state index in [1.54, 1.807) is 0 Å². The van der Waals surface area contributed by atoms with Crippen LogP contribution in [0, 0.1) is 0 Å². The molecular formula is C5H8O4. The maximum atomic E-state index is 10.6. The van der Waals surface area contributed by atoms with E-state index in [1.807, 2.05) is 0 Å². The average molecular weight is 135 g/mol. The summed E-state index contributed by atoms with van der Waals surface area (Å²) in [6.07, 6.45) is 0. The number of rotatable bonds is 2. The van der Waals surface area contributed by atoms with E-state index in [1.165, 1.54) is 0 Å². The molecule has 0 saturated heterocycles. The molecule has 0 heterocycles. The highest BCUT2D eigenvalue weighted by Gasteiger charge is 2.35. The Morgan fingerprint density at radius 1 is 1.67 bits per heavy atom. The fourth-order valence-electron chi connectivity index (χ4n) is 0.151. The molecule has 0 rings (SSSR count).